The van der Waals surface area contributed by atoms with Crippen LogP contribution in [-0.2, 0) is 0 Å². The first kappa shape index (κ1) is 7.42. The number of hydrogen-bond acceptors (Lipinski definition) is 2. The molecule has 0 radical (unpaired) electrons. The first-order chi connectivity index (χ1) is 4.33. The third-order valence-electron chi connectivity index (χ3n) is 1.84. The average molecular weight is 145 g/mol. The van der Waals surface area contributed by atoms with Gasteiger partial charge in [-0.15, -0.1) is 0 Å². The Labute approximate surface area is 61.6 Å². The zero-order valence-corrected chi connectivity index (χ0v) is 7.00. The Balaban J connectivity index is 2.14. The molecule has 0 bridgehead atoms. The van der Waals surface area contributed by atoms with Crippen LogP contribution >= 0.6 is 11.8 Å². The molecule has 1 nitrogen and oxygen atoms in total. The highest BCUT2D eigenvalue weighted by molar-refractivity contribution is 7.98. The van der Waals surface area contributed by atoms with Crippen LogP contribution in [0.2, 0.25) is 0 Å². The van der Waals surface area contributed by atoms with Gasteiger partial charge in [-0.3, -0.25) is 0 Å². The van der Waals surface area contributed by atoms with Gasteiger partial charge in [0, 0.05) is 17.8 Å². The second-order valence-corrected chi connectivity index (χ2v) is 3.71. The molecule has 1 rings (SSSR count). The van der Waals surface area contributed by atoms with Crippen LogP contribution in [0.5, 0.6) is 0 Å². The van der Waals surface area contributed by atoms with Crippen LogP contribution in [0.15, 0.2) is 0 Å². The summed E-state index contributed by atoms with van der Waals surface area (Å²) in [4.78, 5) is 0. The summed E-state index contributed by atoms with van der Waals surface area (Å²) in [6.07, 6.45) is 4.91. The highest BCUT2D eigenvalue weighted by Gasteiger charge is 2.18. The maximum Gasteiger partial charge on any atom is 0.0161 e. The Morgan fingerprint density at radius 1 is 1.56 bits per heavy atom. The van der Waals surface area contributed by atoms with Crippen LogP contribution in [0.3, 0.4) is 0 Å². The Kier molecular flexibility index (Phi) is 2.86. The largest absolute Gasteiger partial charge is 0.311 e. The van der Waals surface area contributed by atoms with Crippen LogP contribution in [0, 0.1) is 0 Å². The van der Waals surface area contributed by atoms with Crippen molar-refractivity contribution in [3.05, 3.63) is 0 Å². The highest BCUT2D eigenvalue weighted by atomic mass is 32.2. The zero-order chi connectivity index (χ0) is 6.69. The summed E-state index contributed by atoms with van der Waals surface area (Å²) in [5.74, 6) is 1.28. The number of hydrogen-bond donors (Lipinski definition) is 1. The molecule has 0 aromatic rings. The molecule has 54 valence electrons. The lowest BCUT2D eigenvalue weighted by molar-refractivity contribution is 0.602. The molecule has 2 heteroatoms. The van der Waals surface area contributed by atoms with E-state index in [-0.39, 0.29) is 0 Å². The van der Waals surface area contributed by atoms with Crippen molar-refractivity contribution in [2.45, 2.75) is 31.8 Å². The van der Waals surface area contributed by atoms with Gasteiger partial charge in [0.2, 0.25) is 0 Å². The molecule has 0 aliphatic carbocycles. The van der Waals surface area contributed by atoms with Gasteiger partial charge < -0.3 is 5.32 Å². The minimum Gasteiger partial charge on any atom is -0.311 e. The van der Waals surface area contributed by atoms with Gasteiger partial charge in [-0.1, -0.05) is 0 Å². The molecule has 0 amide bonds. The lowest BCUT2D eigenvalue weighted by Gasteiger charge is -2.08. The van der Waals surface area contributed by atoms with E-state index in [1.165, 1.54) is 18.6 Å². The van der Waals surface area contributed by atoms with Crippen LogP contribution in [0.1, 0.15) is 19.8 Å². The molecule has 0 aromatic carbocycles. The van der Waals surface area contributed by atoms with E-state index in [1.807, 2.05) is 11.8 Å². The van der Waals surface area contributed by atoms with Crippen molar-refractivity contribution >= 4 is 11.8 Å². The maximum atomic E-state index is 3.53. The summed E-state index contributed by atoms with van der Waals surface area (Å²) in [5, 5.41) is 3.53. The summed E-state index contributed by atoms with van der Waals surface area (Å²) in [5.41, 5.74) is 0. The quantitative estimate of drug-likeness (QED) is 0.632. The molecule has 0 spiro atoms. The molecule has 1 N–H and O–H groups in total. The molecule has 1 fully saturated rings. The Hall–Kier alpha value is 0.310. The molecule has 0 unspecified atom stereocenters. The summed E-state index contributed by atoms with van der Waals surface area (Å²) in [6, 6.07) is 1.57. The summed E-state index contributed by atoms with van der Waals surface area (Å²) in [7, 11) is 0. The van der Waals surface area contributed by atoms with Crippen LogP contribution < -0.4 is 5.32 Å². The van der Waals surface area contributed by atoms with Gasteiger partial charge in [0.15, 0.2) is 0 Å². The first-order valence-corrected chi connectivity index (χ1v) is 4.97. The van der Waals surface area contributed by atoms with Crippen LogP contribution in [-0.4, -0.2) is 24.1 Å². The molecule has 1 aliphatic heterocycles. The van der Waals surface area contributed by atoms with Gasteiger partial charge in [0.25, 0.3) is 0 Å². The Bertz CT molecular complexity index is 83.0. The number of thioether (sulfide) groups is 1. The van der Waals surface area contributed by atoms with E-state index < -0.39 is 0 Å². The van der Waals surface area contributed by atoms with E-state index in [0.717, 1.165) is 12.1 Å². The van der Waals surface area contributed by atoms with Gasteiger partial charge in [-0.2, -0.15) is 11.8 Å². The van der Waals surface area contributed by atoms with E-state index in [1.54, 1.807) is 0 Å². The monoisotopic (exact) mass is 145 g/mol. The molecule has 2 atom stereocenters. The van der Waals surface area contributed by atoms with Crippen molar-refractivity contribution in [2.24, 2.45) is 0 Å². The molecule has 1 saturated heterocycles. The standard InChI is InChI=1S/C7H15NS/c1-6-3-4-7(8-6)5-9-2/h6-8H,3-5H2,1-2H3/t6-,7-/m0/s1. The van der Waals surface area contributed by atoms with E-state index in [0.29, 0.717) is 0 Å². The Morgan fingerprint density at radius 3 is 2.78 bits per heavy atom. The number of rotatable bonds is 2. The lowest BCUT2D eigenvalue weighted by Crippen LogP contribution is -2.28. The van der Waals surface area contributed by atoms with Gasteiger partial charge >= 0.3 is 0 Å². The topological polar surface area (TPSA) is 12.0 Å². The first-order valence-electron chi connectivity index (χ1n) is 3.58. The third-order valence-corrected chi connectivity index (χ3v) is 2.57. The second kappa shape index (κ2) is 3.47. The SMILES string of the molecule is CSC[C@@H]1CC[C@H](C)N1. The molecule has 9 heavy (non-hydrogen) atoms. The lowest BCUT2D eigenvalue weighted by atomic mass is 10.2. The minimum absolute atomic E-state index is 0.766. The Morgan fingerprint density at radius 2 is 2.33 bits per heavy atom. The predicted molar refractivity (Wildman–Crippen MR) is 44.0 cm³/mol. The molecule has 0 saturated carbocycles. The minimum atomic E-state index is 0.766. The van der Waals surface area contributed by atoms with Crippen molar-refractivity contribution < 1.29 is 0 Å². The fraction of sp³-hybridized carbons (Fsp3) is 1.00. The van der Waals surface area contributed by atoms with Crippen LogP contribution in [0.25, 0.3) is 0 Å². The normalized spacial score (nSPS) is 35.3. The highest BCUT2D eigenvalue weighted by Crippen LogP contribution is 2.14. The van der Waals surface area contributed by atoms with Crippen molar-refractivity contribution in [3.63, 3.8) is 0 Å². The van der Waals surface area contributed by atoms with E-state index in [2.05, 4.69) is 18.5 Å². The zero-order valence-electron chi connectivity index (χ0n) is 6.18. The van der Waals surface area contributed by atoms with Crippen LogP contribution in [0.4, 0.5) is 0 Å². The van der Waals surface area contributed by atoms with E-state index >= 15 is 0 Å². The molecule has 1 heterocycles. The van der Waals surface area contributed by atoms with Gasteiger partial charge in [-0.05, 0) is 26.0 Å². The summed E-state index contributed by atoms with van der Waals surface area (Å²) in [6.45, 7) is 2.26. The van der Waals surface area contributed by atoms with Gasteiger partial charge in [0.05, 0.1) is 0 Å². The van der Waals surface area contributed by atoms with Crippen molar-refractivity contribution in [1.29, 1.82) is 0 Å². The summed E-state index contributed by atoms with van der Waals surface area (Å²) < 4.78 is 0. The van der Waals surface area contributed by atoms with E-state index in [9.17, 15) is 0 Å². The maximum absolute atomic E-state index is 3.53. The van der Waals surface area contributed by atoms with Crippen molar-refractivity contribution in [3.8, 4) is 0 Å². The van der Waals surface area contributed by atoms with Crippen molar-refractivity contribution in [1.82, 2.24) is 5.32 Å². The average Bonchev–Trinajstić information content (AvgIpc) is 2.17. The summed E-state index contributed by atoms with van der Waals surface area (Å²) >= 11 is 1.94. The molecular weight excluding hydrogens is 130 g/mol. The van der Waals surface area contributed by atoms with Gasteiger partial charge in [0.1, 0.15) is 0 Å². The smallest absolute Gasteiger partial charge is 0.0161 e. The number of nitrogens with one attached hydrogen (secondary N) is 1. The second-order valence-electron chi connectivity index (χ2n) is 2.80. The van der Waals surface area contributed by atoms with Gasteiger partial charge in [-0.25, -0.2) is 0 Å². The molecule has 0 aromatic heterocycles. The molecular formula is C7H15NS. The molecule has 1 aliphatic rings. The fourth-order valence-electron chi connectivity index (χ4n) is 1.35. The van der Waals surface area contributed by atoms with Crippen molar-refractivity contribution in [2.75, 3.05) is 12.0 Å². The third kappa shape index (κ3) is 2.18. The predicted octanol–water partition coefficient (Wildman–Crippen LogP) is 1.49. The fourth-order valence-corrected chi connectivity index (χ4v) is 2.02. The van der Waals surface area contributed by atoms with E-state index in [4.69, 9.17) is 0 Å².